The van der Waals surface area contributed by atoms with E-state index in [0.717, 1.165) is 10.0 Å². The minimum absolute atomic E-state index is 0.0527. The van der Waals surface area contributed by atoms with Crippen molar-refractivity contribution >= 4 is 33.7 Å². The van der Waals surface area contributed by atoms with Crippen molar-refractivity contribution in [3.8, 4) is 0 Å². The molecule has 2 heterocycles. The standard InChI is InChI=1S/C13H16BrN3O3/c1-13(2,3)20-12(19)17-6-8-4-9(14)5-15-11(8)16-10(18)7-17/h4-5H,6-7H2,1-3H3,(H,15,16,18). The van der Waals surface area contributed by atoms with Crippen molar-refractivity contribution in [1.82, 2.24) is 9.88 Å². The number of ether oxygens (including phenoxy) is 1. The van der Waals surface area contributed by atoms with Gasteiger partial charge in [0.1, 0.15) is 18.0 Å². The van der Waals surface area contributed by atoms with Gasteiger partial charge in [-0.3, -0.25) is 9.69 Å². The maximum Gasteiger partial charge on any atom is 0.411 e. The molecule has 0 saturated heterocycles. The van der Waals surface area contributed by atoms with Gasteiger partial charge < -0.3 is 10.1 Å². The maximum absolute atomic E-state index is 12.1. The van der Waals surface area contributed by atoms with Gasteiger partial charge in [0, 0.05) is 16.2 Å². The van der Waals surface area contributed by atoms with Crippen LogP contribution in [0.5, 0.6) is 0 Å². The first-order valence-electron chi connectivity index (χ1n) is 6.17. The summed E-state index contributed by atoms with van der Waals surface area (Å²) in [7, 11) is 0. The topological polar surface area (TPSA) is 71.5 Å². The van der Waals surface area contributed by atoms with Gasteiger partial charge in [0.05, 0.1) is 6.54 Å². The summed E-state index contributed by atoms with van der Waals surface area (Å²) in [6, 6.07) is 1.82. The smallest absolute Gasteiger partial charge is 0.411 e. The summed E-state index contributed by atoms with van der Waals surface area (Å²) in [6.07, 6.45) is 1.09. The fourth-order valence-corrected chi connectivity index (χ4v) is 2.16. The van der Waals surface area contributed by atoms with Gasteiger partial charge in [-0.15, -0.1) is 0 Å². The quantitative estimate of drug-likeness (QED) is 0.787. The van der Waals surface area contributed by atoms with E-state index >= 15 is 0 Å². The van der Waals surface area contributed by atoms with Gasteiger partial charge in [0.2, 0.25) is 5.91 Å². The molecule has 0 spiro atoms. The Balaban J connectivity index is 2.24. The van der Waals surface area contributed by atoms with E-state index in [4.69, 9.17) is 4.74 Å². The van der Waals surface area contributed by atoms with Crippen molar-refractivity contribution in [3.63, 3.8) is 0 Å². The number of anilines is 1. The van der Waals surface area contributed by atoms with Crippen LogP contribution in [-0.4, -0.2) is 34.0 Å². The molecule has 20 heavy (non-hydrogen) atoms. The molecule has 0 bridgehead atoms. The molecule has 1 aliphatic rings. The largest absolute Gasteiger partial charge is 0.444 e. The molecule has 1 aromatic rings. The number of nitrogens with zero attached hydrogens (tertiary/aromatic N) is 2. The molecule has 0 saturated carbocycles. The molecule has 2 amide bonds. The van der Waals surface area contributed by atoms with Gasteiger partial charge in [-0.1, -0.05) is 0 Å². The third kappa shape index (κ3) is 3.69. The van der Waals surface area contributed by atoms with Gasteiger partial charge in [-0.25, -0.2) is 9.78 Å². The van der Waals surface area contributed by atoms with Crippen LogP contribution in [0.2, 0.25) is 0 Å². The molecule has 1 aliphatic heterocycles. The number of carbonyl (C=O) groups excluding carboxylic acids is 2. The van der Waals surface area contributed by atoms with Crippen LogP contribution in [0.15, 0.2) is 16.7 Å². The molecule has 1 aromatic heterocycles. The number of nitrogens with one attached hydrogen (secondary N) is 1. The van der Waals surface area contributed by atoms with Gasteiger partial charge in [0.25, 0.3) is 0 Å². The third-order valence-electron chi connectivity index (χ3n) is 2.54. The lowest BCUT2D eigenvalue weighted by molar-refractivity contribution is -0.117. The minimum Gasteiger partial charge on any atom is -0.444 e. The second kappa shape index (κ2) is 5.40. The number of pyridine rings is 1. The second-order valence-corrected chi connectivity index (χ2v) is 6.46. The van der Waals surface area contributed by atoms with Gasteiger partial charge in [-0.05, 0) is 42.8 Å². The number of amides is 2. The van der Waals surface area contributed by atoms with Crippen LogP contribution in [0.3, 0.4) is 0 Å². The third-order valence-corrected chi connectivity index (χ3v) is 2.97. The summed E-state index contributed by atoms with van der Waals surface area (Å²) in [5.41, 5.74) is 0.161. The zero-order valence-electron chi connectivity index (χ0n) is 11.6. The highest BCUT2D eigenvalue weighted by molar-refractivity contribution is 9.10. The average molecular weight is 342 g/mol. The van der Waals surface area contributed by atoms with E-state index in [1.807, 2.05) is 6.07 Å². The van der Waals surface area contributed by atoms with Crippen molar-refractivity contribution in [3.05, 3.63) is 22.3 Å². The second-order valence-electron chi connectivity index (χ2n) is 5.55. The highest BCUT2D eigenvalue weighted by Gasteiger charge is 2.27. The van der Waals surface area contributed by atoms with E-state index in [2.05, 4.69) is 26.2 Å². The molecule has 1 N–H and O–H groups in total. The van der Waals surface area contributed by atoms with Crippen LogP contribution in [-0.2, 0) is 16.1 Å². The Hall–Kier alpha value is -1.63. The van der Waals surface area contributed by atoms with Crippen LogP contribution in [0.4, 0.5) is 10.6 Å². The van der Waals surface area contributed by atoms with Crippen LogP contribution in [0, 0.1) is 0 Å². The Kier molecular flexibility index (Phi) is 3.99. The zero-order valence-corrected chi connectivity index (χ0v) is 13.2. The predicted octanol–water partition coefficient (Wildman–Crippen LogP) is 2.53. The predicted molar refractivity (Wildman–Crippen MR) is 77.2 cm³/mol. The van der Waals surface area contributed by atoms with Gasteiger partial charge >= 0.3 is 6.09 Å². The number of aromatic nitrogens is 1. The number of hydrogen-bond acceptors (Lipinski definition) is 4. The SMILES string of the molecule is CC(C)(C)OC(=O)N1CC(=O)Nc2ncc(Br)cc2C1. The lowest BCUT2D eigenvalue weighted by Crippen LogP contribution is -2.39. The fraction of sp³-hybridized carbons (Fsp3) is 0.462. The van der Waals surface area contributed by atoms with Crippen molar-refractivity contribution in [2.75, 3.05) is 11.9 Å². The molecule has 0 fully saturated rings. The molecule has 0 aliphatic carbocycles. The first-order valence-corrected chi connectivity index (χ1v) is 6.96. The number of rotatable bonds is 0. The van der Waals surface area contributed by atoms with Crippen LogP contribution >= 0.6 is 15.9 Å². The number of halogens is 1. The first-order chi connectivity index (χ1) is 9.24. The highest BCUT2D eigenvalue weighted by Crippen LogP contribution is 2.23. The lowest BCUT2D eigenvalue weighted by Gasteiger charge is -2.25. The normalized spacial score (nSPS) is 15.2. The Morgan fingerprint density at radius 3 is 2.80 bits per heavy atom. The molecular weight excluding hydrogens is 326 g/mol. The number of hydrogen-bond donors (Lipinski definition) is 1. The molecule has 0 radical (unpaired) electrons. The average Bonchev–Trinajstić information content (AvgIpc) is 2.45. The molecule has 0 unspecified atom stereocenters. The van der Waals surface area contributed by atoms with Crippen molar-refractivity contribution in [2.24, 2.45) is 0 Å². The summed E-state index contributed by atoms with van der Waals surface area (Å²) >= 11 is 3.33. The molecule has 0 atom stereocenters. The van der Waals surface area contributed by atoms with E-state index in [9.17, 15) is 9.59 Å². The Bertz CT molecular complexity index is 554. The fourth-order valence-electron chi connectivity index (χ4n) is 1.78. The Morgan fingerprint density at radius 2 is 2.15 bits per heavy atom. The van der Waals surface area contributed by atoms with Crippen LogP contribution in [0.1, 0.15) is 26.3 Å². The van der Waals surface area contributed by atoms with E-state index in [1.165, 1.54) is 4.90 Å². The lowest BCUT2D eigenvalue weighted by atomic mass is 10.2. The summed E-state index contributed by atoms with van der Waals surface area (Å²) in [6.45, 7) is 5.58. The van der Waals surface area contributed by atoms with Crippen molar-refractivity contribution in [2.45, 2.75) is 32.9 Å². The maximum atomic E-state index is 12.1. The molecule has 2 rings (SSSR count). The van der Waals surface area contributed by atoms with E-state index in [-0.39, 0.29) is 19.0 Å². The number of fused-ring (bicyclic) bond motifs is 1. The first kappa shape index (κ1) is 14.8. The van der Waals surface area contributed by atoms with E-state index in [1.54, 1.807) is 27.0 Å². The van der Waals surface area contributed by atoms with Crippen LogP contribution in [0.25, 0.3) is 0 Å². The molecule has 7 heteroatoms. The zero-order chi connectivity index (χ0) is 14.9. The van der Waals surface area contributed by atoms with Gasteiger partial charge in [0.15, 0.2) is 0 Å². The monoisotopic (exact) mass is 341 g/mol. The highest BCUT2D eigenvalue weighted by atomic mass is 79.9. The number of carbonyl (C=O) groups is 2. The molecule has 108 valence electrons. The Labute approximate surface area is 125 Å². The Morgan fingerprint density at radius 1 is 1.45 bits per heavy atom. The molecule has 6 nitrogen and oxygen atoms in total. The summed E-state index contributed by atoms with van der Waals surface area (Å²) < 4.78 is 6.09. The summed E-state index contributed by atoms with van der Waals surface area (Å²) in [5, 5.41) is 2.68. The molecule has 0 aromatic carbocycles. The van der Waals surface area contributed by atoms with Crippen LogP contribution < -0.4 is 5.32 Å². The van der Waals surface area contributed by atoms with E-state index in [0.29, 0.717) is 5.82 Å². The summed E-state index contributed by atoms with van der Waals surface area (Å²) in [5.74, 6) is 0.189. The minimum atomic E-state index is -0.599. The summed E-state index contributed by atoms with van der Waals surface area (Å²) in [4.78, 5) is 29.4. The van der Waals surface area contributed by atoms with E-state index < -0.39 is 11.7 Å². The van der Waals surface area contributed by atoms with Crippen molar-refractivity contribution < 1.29 is 14.3 Å². The molecular formula is C13H16BrN3O3. The van der Waals surface area contributed by atoms with Gasteiger partial charge in [-0.2, -0.15) is 0 Å². The van der Waals surface area contributed by atoms with Crippen molar-refractivity contribution in [1.29, 1.82) is 0 Å².